The third-order valence-corrected chi connectivity index (χ3v) is 5.33. The van der Waals surface area contributed by atoms with E-state index in [1.54, 1.807) is 0 Å². The van der Waals surface area contributed by atoms with Crippen LogP contribution in [0.15, 0.2) is 30.3 Å². The standard InChI is InChI=1S/C20H26N4O.ClH/c1-2-13-23(16-11-12-21-14-16)20(25)19-17-9-6-10-18(17)24(22-19)15-7-4-3-5-8-15;/h3-5,7-8,16,21H,2,6,9-14H2,1H3;1H. The SMILES string of the molecule is CCCN(C(=O)c1nn(-c2ccccc2)c2c1CCC2)C1CCNC1.Cl. The van der Waals surface area contributed by atoms with Crippen molar-refractivity contribution in [3.63, 3.8) is 0 Å². The van der Waals surface area contributed by atoms with E-state index in [-0.39, 0.29) is 18.3 Å². The number of nitrogens with zero attached hydrogens (tertiary/aromatic N) is 3. The summed E-state index contributed by atoms with van der Waals surface area (Å²) in [7, 11) is 0. The van der Waals surface area contributed by atoms with Gasteiger partial charge in [0.05, 0.1) is 5.69 Å². The molecule has 1 saturated heterocycles. The molecule has 6 heteroatoms. The molecular formula is C20H27ClN4O. The van der Waals surface area contributed by atoms with Crippen LogP contribution in [0.25, 0.3) is 5.69 Å². The average molecular weight is 375 g/mol. The molecule has 1 fully saturated rings. The van der Waals surface area contributed by atoms with Crippen LogP contribution >= 0.6 is 12.4 Å². The second-order valence-electron chi connectivity index (χ2n) is 7.02. The molecule has 2 heterocycles. The molecule has 1 atom stereocenters. The highest BCUT2D eigenvalue weighted by molar-refractivity contribution is 5.94. The van der Waals surface area contributed by atoms with Crippen LogP contribution in [0, 0.1) is 0 Å². The Morgan fingerprint density at radius 2 is 2.12 bits per heavy atom. The van der Waals surface area contributed by atoms with Crippen LogP contribution in [0.5, 0.6) is 0 Å². The van der Waals surface area contributed by atoms with E-state index in [2.05, 4.69) is 29.3 Å². The van der Waals surface area contributed by atoms with Gasteiger partial charge in [0.2, 0.25) is 0 Å². The van der Waals surface area contributed by atoms with Gasteiger partial charge in [0.1, 0.15) is 0 Å². The molecule has 4 rings (SSSR count). The number of carbonyl (C=O) groups is 1. The highest BCUT2D eigenvalue weighted by Crippen LogP contribution is 2.29. The average Bonchev–Trinajstić information content (AvgIpc) is 3.37. The van der Waals surface area contributed by atoms with E-state index < -0.39 is 0 Å². The van der Waals surface area contributed by atoms with Crippen molar-refractivity contribution in [2.24, 2.45) is 0 Å². The van der Waals surface area contributed by atoms with Gasteiger partial charge in [0.15, 0.2) is 5.69 Å². The molecule has 5 nitrogen and oxygen atoms in total. The normalized spacial score (nSPS) is 18.4. The van der Waals surface area contributed by atoms with Crippen LogP contribution in [0.3, 0.4) is 0 Å². The molecule has 0 bridgehead atoms. The number of benzene rings is 1. The Balaban J connectivity index is 0.00000196. The lowest BCUT2D eigenvalue weighted by Gasteiger charge is -2.27. The van der Waals surface area contributed by atoms with Gasteiger partial charge < -0.3 is 10.2 Å². The first-order valence-corrected chi connectivity index (χ1v) is 9.47. The summed E-state index contributed by atoms with van der Waals surface area (Å²) in [6.45, 7) is 4.83. The summed E-state index contributed by atoms with van der Waals surface area (Å²) in [5, 5.41) is 8.16. The molecule has 2 aliphatic rings. The molecule has 1 amide bonds. The van der Waals surface area contributed by atoms with E-state index in [0.29, 0.717) is 11.7 Å². The number of halogens is 1. The molecule has 2 aromatic rings. The molecule has 0 radical (unpaired) electrons. The van der Waals surface area contributed by atoms with Crippen LogP contribution in [-0.2, 0) is 12.8 Å². The number of fused-ring (bicyclic) bond motifs is 1. The fourth-order valence-electron chi connectivity index (χ4n) is 4.12. The van der Waals surface area contributed by atoms with Gasteiger partial charge in [-0.05, 0) is 50.8 Å². The maximum atomic E-state index is 13.3. The summed E-state index contributed by atoms with van der Waals surface area (Å²) in [5.41, 5.74) is 4.11. The molecule has 1 unspecified atom stereocenters. The third-order valence-electron chi connectivity index (χ3n) is 5.33. The number of rotatable bonds is 5. The minimum absolute atomic E-state index is 0. The number of hydrogen-bond donors (Lipinski definition) is 1. The first-order valence-electron chi connectivity index (χ1n) is 9.47. The van der Waals surface area contributed by atoms with Crippen molar-refractivity contribution in [2.75, 3.05) is 19.6 Å². The van der Waals surface area contributed by atoms with Crippen LogP contribution in [0.4, 0.5) is 0 Å². The number of carbonyl (C=O) groups excluding carboxylic acids is 1. The predicted octanol–water partition coefficient (Wildman–Crippen LogP) is 3.00. The van der Waals surface area contributed by atoms with E-state index in [0.717, 1.165) is 57.4 Å². The molecule has 1 aromatic heterocycles. The fourth-order valence-corrected chi connectivity index (χ4v) is 4.12. The smallest absolute Gasteiger partial charge is 0.274 e. The Morgan fingerprint density at radius 3 is 2.81 bits per heavy atom. The van der Waals surface area contributed by atoms with Gasteiger partial charge in [-0.2, -0.15) is 5.10 Å². The molecule has 1 N–H and O–H groups in total. The molecule has 1 aromatic carbocycles. The van der Waals surface area contributed by atoms with Gasteiger partial charge in [-0.15, -0.1) is 12.4 Å². The Labute approximate surface area is 161 Å². The van der Waals surface area contributed by atoms with Gasteiger partial charge in [0, 0.05) is 30.4 Å². The van der Waals surface area contributed by atoms with Crippen molar-refractivity contribution >= 4 is 18.3 Å². The lowest BCUT2D eigenvalue weighted by atomic mass is 10.1. The number of para-hydroxylation sites is 1. The maximum absolute atomic E-state index is 13.3. The van der Waals surface area contributed by atoms with Crippen molar-refractivity contribution in [3.8, 4) is 5.69 Å². The lowest BCUT2D eigenvalue weighted by Crippen LogP contribution is -2.42. The second-order valence-corrected chi connectivity index (χ2v) is 7.02. The zero-order valence-corrected chi connectivity index (χ0v) is 16.1. The fraction of sp³-hybridized carbons (Fsp3) is 0.500. The minimum atomic E-state index is 0. The van der Waals surface area contributed by atoms with Crippen LogP contribution in [0.1, 0.15) is 47.9 Å². The van der Waals surface area contributed by atoms with Crippen molar-refractivity contribution in [2.45, 2.75) is 45.1 Å². The quantitative estimate of drug-likeness (QED) is 0.875. The summed E-state index contributed by atoms with van der Waals surface area (Å²) in [6.07, 6.45) is 5.09. The lowest BCUT2D eigenvalue weighted by molar-refractivity contribution is 0.0684. The Morgan fingerprint density at radius 1 is 1.31 bits per heavy atom. The highest BCUT2D eigenvalue weighted by atomic mass is 35.5. The number of nitrogens with one attached hydrogen (secondary N) is 1. The topological polar surface area (TPSA) is 50.2 Å². The zero-order chi connectivity index (χ0) is 17.2. The van der Waals surface area contributed by atoms with Crippen LogP contribution in [-0.4, -0.2) is 46.3 Å². The highest BCUT2D eigenvalue weighted by Gasteiger charge is 2.33. The Bertz CT molecular complexity index is 753. The Hall–Kier alpha value is -1.85. The van der Waals surface area contributed by atoms with Crippen molar-refractivity contribution in [1.82, 2.24) is 20.0 Å². The molecule has 26 heavy (non-hydrogen) atoms. The van der Waals surface area contributed by atoms with E-state index in [4.69, 9.17) is 5.10 Å². The molecular weight excluding hydrogens is 348 g/mol. The van der Waals surface area contributed by atoms with Gasteiger partial charge in [-0.3, -0.25) is 4.79 Å². The number of amides is 1. The first kappa shape index (κ1) is 18.9. The number of hydrogen-bond acceptors (Lipinski definition) is 3. The summed E-state index contributed by atoms with van der Waals surface area (Å²) in [5.74, 6) is 0.114. The largest absolute Gasteiger partial charge is 0.333 e. The first-order chi connectivity index (χ1) is 12.3. The zero-order valence-electron chi connectivity index (χ0n) is 15.3. The van der Waals surface area contributed by atoms with Crippen molar-refractivity contribution < 1.29 is 4.79 Å². The predicted molar refractivity (Wildman–Crippen MR) is 105 cm³/mol. The Kier molecular flexibility index (Phi) is 5.99. The molecule has 0 spiro atoms. The molecule has 140 valence electrons. The second kappa shape index (κ2) is 8.23. The van der Waals surface area contributed by atoms with Crippen molar-refractivity contribution in [3.05, 3.63) is 47.3 Å². The summed E-state index contributed by atoms with van der Waals surface area (Å²) in [6, 6.07) is 10.5. The van der Waals surface area contributed by atoms with Crippen molar-refractivity contribution in [1.29, 1.82) is 0 Å². The van der Waals surface area contributed by atoms with Gasteiger partial charge in [0.25, 0.3) is 5.91 Å². The van der Waals surface area contributed by atoms with E-state index in [1.807, 2.05) is 22.9 Å². The van der Waals surface area contributed by atoms with Gasteiger partial charge in [-0.25, -0.2) is 4.68 Å². The minimum Gasteiger partial charge on any atom is -0.333 e. The molecule has 1 aliphatic carbocycles. The number of aromatic nitrogens is 2. The molecule has 1 aliphatic heterocycles. The van der Waals surface area contributed by atoms with Gasteiger partial charge >= 0.3 is 0 Å². The van der Waals surface area contributed by atoms with Gasteiger partial charge in [-0.1, -0.05) is 25.1 Å². The third kappa shape index (κ3) is 3.38. The summed E-state index contributed by atoms with van der Waals surface area (Å²) in [4.78, 5) is 15.4. The monoisotopic (exact) mass is 374 g/mol. The van der Waals surface area contributed by atoms with E-state index in [1.165, 1.54) is 11.3 Å². The van der Waals surface area contributed by atoms with E-state index >= 15 is 0 Å². The van der Waals surface area contributed by atoms with Crippen LogP contribution in [0.2, 0.25) is 0 Å². The summed E-state index contributed by atoms with van der Waals surface area (Å²) < 4.78 is 1.99. The van der Waals surface area contributed by atoms with Crippen LogP contribution < -0.4 is 5.32 Å². The van der Waals surface area contributed by atoms with E-state index in [9.17, 15) is 4.79 Å². The summed E-state index contributed by atoms with van der Waals surface area (Å²) >= 11 is 0. The maximum Gasteiger partial charge on any atom is 0.274 e. The molecule has 0 saturated carbocycles.